The van der Waals surface area contributed by atoms with Gasteiger partial charge in [-0.15, -0.1) is 0 Å². The summed E-state index contributed by atoms with van der Waals surface area (Å²) in [5.74, 6) is 0.480. The summed E-state index contributed by atoms with van der Waals surface area (Å²) in [6, 6.07) is 8.36. The van der Waals surface area contributed by atoms with E-state index < -0.39 is 5.97 Å². The van der Waals surface area contributed by atoms with Gasteiger partial charge in [0.15, 0.2) is 12.0 Å². The minimum Gasteiger partial charge on any atom is -0.478 e. The van der Waals surface area contributed by atoms with Crippen molar-refractivity contribution in [1.29, 1.82) is 0 Å². The van der Waals surface area contributed by atoms with Gasteiger partial charge in [0.2, 0.25) is 0 Å². The van der Waals surface area contributed by atoms with E-state index in [0.29, 0.717) is 23.5 Å². The van der Waals surface area contributed by atoms with Crippen molar-refractivity contribution < 1.29 is 19.1 Å². The predicted octanol–water partition coefficient (Wildman–Crippen LogP) is 3.69. The zero-order valence-corrected chi connectivity index (χ0v) is 13.0. The van der Waals surface area contributed by atoms with Gasteiger partial charge in [0, 0.05) is 24.3 Å². The first kappa shape index (κ1) is 15.3. The maximum Gasteiger partial charge on any atom is 0.335 e. The molecule has 0 spiro atoms. The second kappa shape index (κ2) is 6.28. The molecule has 5 nitrogen and oxygen atoms in total. The maximum atomic E-state index is 11.3. The van der Waals surface area contributed by atoms with Crippen LogP contribution in [0.15, 0.2) is 34.7 Å². The van der Waals surface area contributed by atoms with Crippen molar-refractivity contribution in [2.75, 3.05) is 18.0 Å². The fourth-order valence-electron chi connectivity index (χ4n) is 2.95. The van der Waals surface area contributed by atoms with Crippen LogP contribution in [0.25, 0.3) is 11.3 Å². The van der Waals surface area contributed by atoms with E-state index in [1.54, 1.807) is 24.3 Å². The number of aldehydes is 1. The lowest BCUT2D eigenvalue weighted by atomic mass is 9.97. The average molecular weight is 313 g/mol. The first-order valence-corrected chi connectivity index (χ1v) is 7.76. The number of benzene rings is 1. The molecular formula is C18H19NO4. The lowest BCUT2D eigenvalue weighted by Gasteiger charge is -2.33. The van der Waals surface area contributed by atoms with Crippen molar-refractivity contribution in [3.8, 4) is 11.3 Å². The largest absolute Gasteiger partial charge is 0.478 e. The number of hydrogen-bond donors (Lipinski definition) is 1. The molecule has 3 rings (SSSR count). The highest BCUT2D eigenvalue weighted by Gasteiger charge is 2.21. The number of aromatic carboxylic acids is 1. The van der Waals surface area contributed by atoms with Gasteiger partial charge in [-0.25, -0.2) is 4.79 Å². The summed E-state index contributed by atoms with van der Waals surface area (Å²) in [7, 11) is 0. The second-order valence-electron chi connectivity index (χ2n) is 6.03. The Labute approximate surface area is 134 Å². The van der Waals surface area contributed by atoms with E-state index in [1.165, 1.54) is 0 Å². The van der Waals surface area contributed by atoms with Gasteiger partial charge >= 0.3 is 5.97 Å². The van der Waals surface area contributed by atoms with Crippen molar-refractivity contribution in [1.82, 2.24) is 0 Å². The minimum atomic E-state index is -0.979. The molecule has 5 heteroatoms. The molecule has 120 valence electrons. The number of furan rings is 1. The topological polar surface area (TPSA) is 70.8 Å². The van der Waals surface area contributed by atoms with Crippen LogP contribution >= 0.6 is 0 Å². The molecule has 23 heavy (non-hydrogen) atoms. The van der Waals surface area contributed by atoms with Crippen molar-refractivity contribution in [2.45, 2.75) is 19.8 Å². The summed E-state index contributed by atoms with van der Waals surface area (Å²) in [6.07, 6.45) is 2.86. The van der Waals surface area contributed by atoms with Gasteiger partial charge in [-0.3, -0.25) is 4.79 Å². The molecule has 2 aromatic rings. The van der Waals surface area contributed by atoms with Crippen LogP contribution in [0.2, 0.25) is 0 Å². The van der Waals surface area contributed by atoms with E-state index in [2.05, 4.69) is 11.8 Å². The van der Waals surface area contributed by atoms with Crippen LogP contribution in [0.1, 0.15) is 40.7 Å². The van der Waals surface area contributed by atoms with Gasteiger partial charge in [0.05, 0.1) is 5.56 Å². The van der Waals surface area contributed by atoms with E-state index >= 15 is 0 Å². The van der Waals surface area contributed by atoms with E-state index in [9.17, 15) is 14.7 Å². The molecular weight excluding hydrogens is 294 g/mol. The molecule has 1 aromatic carbocycles. The molecule has 1 fully saturated rings. The van der Waals surface area contributed by atoms with Crippen LogP contribution in [0.3, 0.4) is 0 Å². The van der Waals surface area contributed by atoms with Crippen LogP contribution in [0, 0.1) is 5.92 Å². The van der Waals surface area contributed by atoms with Crippen molar-refractivity contribution in [3.63, 3.8) is 0 Å². The Bertz CT molecular complexity index is 726. The van der Waals surface area contributed by atoms with Gasteiger partial charge in [0.1, 0.15) is 5.76 Å². The van der Waals surface area contributed by atoms with Crippen molar-refractivity contribution >= 4 is 17.9 Å². The van der Waals surface area contributed by atoms with E-state index in [0.717, 1.165) is 31.6 Å². The molecule has 0 radical (unpaired) electrons. The number of carboxylic acids is 1. The Morgan fingerprint density at radius 3 is 2.61 bits per heavy atom. The molecule has 1 aliphatic heterocycles. The van der Waals surface area contributed by atoms with Crippen LogP contribution in [0.5, 0.6) is 0 Å². The van der Waals surface area contributed by atoms with Crippen LogP contribution in [-0.4, -0.2) is 30.5 Å². The van der Waals surface area contributed by atoms with Gasteiger partial charge in [-0.1, -0.05) is 6.92 Å². The number of carbonyl (C=O) groups excluding carboxylic acids is 1. The summed E-state index contributed by atoms with van der Waals surface area (Å²) >= 11 is 0. The highest BCUT2D eigenvalue weighted by atomic mass is 16.4. The molecule has 0 atom stereocenters. The molecule has 2 heterocycles. The zero-order valence-electron chi connectivity index (χ0n) is 13.0. The van der Waals surface area contributed by atoms with Crippen molar-refractivity contribution in [2.24, 2.45) is 5.92 Å². The summed E-state index contributed by atoms with van der Waals surface area (Å²) < 4.78 is 5.52. The molecule has 0 amide bonds. The maximum absolute atomic E-state index is 11.3. The summed E-state index contributed by atoms with van der Waals surface area (Å²) in [4.78, 5) is 24.4. The normalized spacial score (nSPS) is 15.6. The van der Waals surface area contributed by atoms with Crippen molar-refractivity contribution in [3.05, 3.63) is 41.7 Å². The molecule has 1 aliphatic rings. The van der Waals surface area contributed by atoms with Crippen LogP contribution < -0.4 is 4.90 Å². The molecule has 0 saturated carbocycles. The first-order chi connectivity index (χ1) is 11.1. The minimum absolute atomic E-state index is 0.207. The predicted molar refractivity (Wildman–Crippen MR) is 87.1 cm³/mol. The number of anilines is 1. The standard InChI is InChI=1S/C18H19NO4/c1-12-6-8-19(9-7-12)16-4-2-13(18(21)22)10-15(16)17-5-3-14(11-20)23-17/h2-5,10-12H,6-9H2,1H3,(H,21,22). The smallest absolute Gasteiger partial charge is 0.335 e. The third-order valence-electron chi connectivity index (χ3n) is 4.38. The number of carbonyl (C=O) groups is 2. The molecule has 0 aliphatic carbocycles. The highest BCUT2D eigenvalue weighted by Crippen LogP contribution is 2.35. The molecule has 1 aromatic heterocycles. The van der Waals surface area contributed by atoms with Crippen LogP contribution in [-0.2, 0) is 0 Å². The Hall–Kier alpha value is -2.56. The molecule has 0 bridgehead atoms. The highest BCUT2D eigenvalue weighted by molar-refractivity contribution is 5.92. The fraction of sp³-hybridized carbons (Fsp3) is 0.333. The van der Waals surface area contributed by atoms with E-state index in [4.69, 9.17) is 4.42 Å². The molecule has 1 N–H and O–H groups in total. The Kier molecular flexibility index (Phi) is 4.19. The number of carboxylic acid groups (broad SMARTS) is 1. The Morgan fingerprint density at radius 2 is 2.00 bits per heavy atom. The zero-order chi connectivity index (χ0) is 16.4. The summed E-state index contributed by atoms with van der Waals surface area (Å²) in [6.45, 7) is 4.11. The number of rotatable bonds is 4. The second-order valence-corrected chi connectivity index (χ2v) is 6.03. The van der Waals surface area contributed by atoms with Gasteiger partial charge in [-0.2, -0.15) is 0 Å². The Balaban J connectivity index is 2.04. The average Bonchev–Trinajstić information content (AvgIpc) is 3.04. The molecule has 0 unspecified atom stereocenters. The first-order valence-electron chi connectivity index (χ1n) is 7.76. The fourth-order valence-corrected chi connectivity index (χ4v) is 2.95. The van der Waals surface area contributed by atoms with E-state index in [-0.39, 0.29) is 11.3 Å². The quantitative estimate of drug-likeness (QED) is 0.872. The number of hydrogen-bond acceptors (Lipinski definition) is 4. The lowest BCUT2D eigenvalue weighted by molar-refractivity contribution is 0.0696. The molecule has 1 saturated heterocycles. The van der Waals surface area contributed by atoms with E-state index in [1.807, 2.05) is 6.07 Å². The van der Waals surface area contributed by atoms with Gasteiger partial charge in [-0.05, 0) is 49.1 Å². The number of nitrogens with zero attached hydrogens (tertiary/aromatic N) is 1. The van der Waals surface area contributed by atoms with Crippen LogP contribution in [0.4, 0.5) is 5.69 Å². The van der Waals surface area contributed by atoms with Gasteiger partial charge < -0.3 is 14.4 Å². The third kappa shape index (κ3) is 3.13. The Morgan fingerprint density at radius 1 is 1.26 bits per heavy atom. The summed E-state index contributed by atoms with van der Waals surface area (Å²) in [5.41, 5.74) is 1.87. The van der Waals surface area contributed by atoms with Gasteiger partial charge in [0.25, 0.3) is 0 Å². The number of piperidine rings is 1. The third-order valence-corrected chi connectivity index (χ3v) is 4.38. The lowest BCUT2D eigenvalue weighted by Crippen LogP contribution is -2.33. The SMILES string of the molecule is CC1CCN(c2ccc(C(=O)O)cc2-c2ccc(C=O)o2)CC1. The monoisotopic (exact) mass is 313 g/mol. The summed E-state index contributed by atoms with van der Waals surface area (Å²) in [5, 5.41) is 9.24.